The maximum absolute atomic E-state index is 12.5. The summed E-state index contributed by atoms with van der Waals surface area (Å²) < 4.78 is 4.78. The average molecular weight is 362 g/mol. The SMILES string of the molecule is COCC(=O)N[C@@H](C(=O)Nc1nnc(-c2ccc(C)cc2)s1)C(C)C. The fourth-order valence-corrected chi connectivity index (χ4v) is 2.90. The van der Waals surface area contributed by atoms with E-state index in [4.69, 9.17) is 4.74 Å². The third-order valence-electron chi connectivity index (χ3n) is 3.49. The van der Waals surface area contributed by atoms with Crippen LogP contribution in [0.1, 0.15) is 19.4 Å². The Morgan fingerprint density at radius 2 is 1.88 bits per heavy atom. The number of nitrogens with one attached hydrogen (secondary N) is 2. The van der Waals surface area contributed by atoms with Crippen LogP contribution in [0.25, 0.3) is 10.6 Å². The minimum Gasteiger partial charge on any atom is -0.375 e. The monoisotopic (exact) mass is 362 g/mol. The fourth-order valence-electron chi connectivity index (χ4n) is 2.15. The van der Waals surface area contributed by atoms with Crippen LogP contribution >= 0.6 is 11.3 Å². The number of carbonyl (C=O) groups excluding carboxylic acids is 2. The highest BCUT2D eigenvalue weighted by atomic mass is 32.1. The van der Waals surface area contributed by atoms with Crippen molar-refractivity contribution in [3.05, 3.63) is 29.8 Å². The molecule has 2 N–H and O–H groups in total. The molecule has 1 atom stereocenters. The van der Waals surface area contributed by atoms with Gasteiger partial charge in [0.1, 0.15) is 17.7 Å². The van der Waals surface area contributed by atoms with Crippen LogP contribution in [0.3, 0.4) is 0 Å². The van der Waals surface area contributed by atoms with Crippen LogP contribution in [0.15, 0.2) is 24.3 Å². The Kier molecular flexibility index (Phi) is 6.60. The van der Waals surface area contributed by atoms with E-state index < -0.39 is 6.04 Å². The van der Waals surface area contributed by atoms with Crippen molar-refractivity contribution in [1.82, 2.24) is 15.5 Å². The van der Waals surface area contributed by atoms with Gasteiger partial charge in [-0.3, -0.25) is 14.9 Å². The van der Waals surface area contributed by atoms with E-state index in [1.54, 1.807) is 0 Å². The highest BCUT2D eigenvalue weighted by Gasteiger charge is 2.25. The van der Waals surface area contributed by atoms with E-state index in [-0.39, 0.29) is 24.3 Å². The summed E-state index contributed by atoms with van der Waals surface area (Å²) in [5.41, 5.74) is 2.10. The molecule has 0 spiro atoms. The molecule has 1 aromatic carbocycles. The molecule has 2 aromatic rings. The first-order valence-corrected chi connectivity index (χ1v) is 8.72. The van der Waals surface area contributed by atoms with Crippen molar-refractivity contribution in [2.24, 2.45) is 5.92 Å². The molecular weight excluding hydrogens is 340 g/mol. The van der Waals surface area contributed by atoms with E-state index in [9.17, 15) is 9.59 Å². The smallest absolute Gasteiger partial charge is 0.249 e. The van der Waals surface area contributed by atoms with Gasteiger partial charge < -0.3 is 10.1 Å². The van der Waals surface area contributed by atoms with Crippen LogP contribution in [0.2, 0.25) is 0 Å². The van der Waals surface area contributed by atoms with Crippen molar-refractivity contribution in [2.75, 3.05) is 19.0 Å². The summed E-state index contributed by atoms with van der Waals surface area (Å²) in [7, 11) is 1.43. The van der Waals surface area contributed by atoms with Crippen LogP contribution in [0, 0.1) is 12.8 Å². The van der Waals surface area contributed by atoms with Crippen LogP contribution in [-0.2, 0) is 14.3 Å². The molecule has 25 heavy (non-hydrogen) atoms. The van der Waals surface area contributed by atoms with Crippen LogP contribution in [0.5, 0.6) is 0 Å². The molecule has 134 valence electrons. The Morgan fingerprint density at radius 1 is 1.20 bits per heavy atom. The van der Waals surface area contributed by atoms with Crippen LogP contribution in [-0.4, -0.2) is 41.8 Å². The normalized spacial score (nSPS) is 12.0. The second-order valence-electron chi connectivity index (χ2n) is 5.99. The van der Waals surface area contributed by atoms with Crippen LogP contribution in [0.4, 0.5) is 5.13 Å². The first-order valence-electron chi connectivity index (χ1n) is 7.90. The van der Waals surface area contributed by atoms with Gasteiger partial charge in [-0.1, -0.05) is 55.0 Å². The minimum atomic E-state index is -0.672. The summed E-state index contributed by atoms with van der Waals surface area (Å²) in [5.74, 6) is -0.745. The van der Waals surface area contributed by atoms with Gasteiger partial charge in [0.05, 0.1) is 0 Å². The molecule has 0 radical (unpaired) electrons. The summed E-state index contributed by atoms with van der Waals surface area (Å²) in [6.45, 7) is 5.64. The maximum Gasteiger partial charge on any atom is 0.249 e. The summed E-state index contributed by atoms with van der Waals surface area (Å²) >= 11 is 1.29. The highest BCUT2D eigenvalue weighted by molar-refractivity contribution is 7.18. The molecule has 0 saturated heterocycles. The number of ether oxygens (including phenoxy) is 1. The largest absolute Gasteiger partial charge is 0.375 e. The molecule has 2 rings (SSSR count). The lowest BCUT2D eigenvalue weighted by Crippen LogP contribution is -2.48. The topological polar surface area (TPSA) is 93.2 Å². The Hall–Kier alpha value is -2.32. The molecule has 2 amide bonds. The lowest BCUT2D eigenvalue weighted by atomic mass is 10.0. The number of anilines is 1. The fraction of sp³-hybridized carbons (Fsp3) is 0.412. The third kappa shape index (κ3) is 5.33. The number of carbonyl (C=O) groups is 2. The Bertz CT molecular complexity index is 728. The van der Waals surface area contributed by atoms with E-state index in [0.717, 1.165) is 16.1 Å². The molecule has 7 nitrogen and oxygen atoms in total. The highest BCUT2D eigenvalue weighted by Crippen LogP contribution is 2.26. The van der Waals surface area contributed by atoms with Gasteiger partial charge in [0.2, 0.25) is 16.9 Å². The molecule has 0 aliphatic carbocycles. The van der Waals surface area contributed by atoms with Gasteiger partial charge in [0, 0.05) is 12.7 Å². The molecule has 0 aliphatic heterocycles. The van der Waals surface area contributed by atoms with Crippen LogP contribution < -0.4 is 10.6 Å². The summed E-state index contributed by atoms with van der Waals surface area (Å²) in [6, 6.07) is 7.24. The quantitative estimate of drug-likeness (QED) is 0.788. The van der Waals surface area contributed by atoms with Gasteiger partial charge >= 0.3 is 0 Å². The molecule has 0 aliphatic rings. The number of aryl methyl sites for hydroxylation is 1. The zero-order valence-corrected chi connectivity index (χ0v) is 15.5. The Balaban J connectivity index is 2.06. The third-order valence-corrected chi connectivity index (χ3v) is 4.38. The Morgan fingerprint density at radius 3 is 2.48 bits per heavy atom. The molecule has 1 heterocycles. The summed E-state index contributed by atoms with van der Waals surface area (Å²) in [5, 5.41) is 14.6. The molecule has 0 unspecified atom stereocenters. The number of aromatic nitrogens is 2. The number of hydrogen-bond acceptors (Lipinski definition) is 6. The molecule has 1 aromatic heterocycles. The average Bonchev–Trinajstić information content (AvgIpc) is 3.01. The van der Waals surface area contributed by atoms with Crippen molar-refractivity contribution in [3.63, 3.8) is 0 Å². The zero-order valence-electron chi connectivity index (χ0n) is 14.7. The number of methoxy groups -OCH3 is 1. The molecule has 8 heteroatoms. The Labute approximate surface area is 150 Å². The zero-order chi connectivity index (χ0) is 18.4. The number of rotatable bonds is 7. The first kappa shape index (κ1) is 19.0. The molecule has 0 saturated carbocycles. The number of amides is 2. The predicted molar refractivity (Wildman–Crippen MR) is 97.4 cm³/mol. The minimum absolute atomic E-state index is 0.0784. The standard InChI is InChI=1S/C17H22N4O3S/c1-10(2)14(18-13(22)9-24-4)15(23)19-17-21-20-16(25-17)12-7-5-11(3)6-8-12/h5-8,10,14H,9H2,1-4H3,(H,18,22)(H,19,21,23)/t14-/m1/s1. The number of benzene rings is 1. The summed E-state index contributed by atoms with van der Waals surface area (Å²) in [4.78, 5) is 24.1. The van der Waals surface area contributed by atoms with Gasteiger partial charge in [0.15, 0.2) is 0 Å². The number of hydrogen-bond donors (Lipinski definition) is 2. The van der Waals surface area contributed by atoms with E-state index in [0.29, 0.717) is 5.13 Å². The van der Waals surface area contributed by atoms with E-state index in [2.05, 4.69) is 20.8 Å². The van der Waals surface area contributed by atoms with E-state index in [1.165, 1.54) is 18.4 Å². The second kappa shape index (κ2) is 8.68. The second-order valence-corrected chi connectivity index (χ2v) is 6.97. The lowest BCUT2D eigenvalue weighted by molar-refractivity contribution is -0.129. The lowest BCUT2D eigenvalue weighted by Gasteiger charge is -2.20. The molecule has 0 fully saturated rings. The predicted octanol–water partition coefficient (Wildman–Crippen LogP) is 2.24. The van der Waals surface area contributed by atoms with Gasteiger partial charge in [-0.15, -0.1) is 10.2 Å². The summed E-state index contributed by atoms with van der Waals surface area (Å²) in [6.07, 6.45) is 0. The molecule has 0 bridgehead atoms. The van der Waals surface area contributed by atoms with Gasteiger partial charge in [-0.05, 0) is 12.8 Å². The van der Waals surface area contributed by atoms with Crippen molar-refractivity contribution in [3.8, 4) is 10.6 Å². The van der Waals surface area contributed by atoms with Crippen molar-refractivity contribution < 1.29 is 14.3 Å². The van der Waals surface area contributed by atoms with Gasteiger partial charge in [-0.25, -0.2) is 0 Å². The maximum atomic E-state index is 12.5. The van der Waals surface area contributed by atoms with Gasteiger partial charge in [-0.2, -0.15) is 0 Å². The first-order chi connectivity index (χ1) is 11.9. The van der Waals surface area contributed by atoms with Crippen molar-refractivity contribution >= 4 is 28.3 Å². The van der Waals surface area contributed by atoms with E-state index in [1.807, 2.05) is 45.0 Å². The molecular formula is C17H22N4O3S. The van der Waals surface area contributed by atoms with Crippen molar-refractivity contribution in [1.29, 1.82) is 0 Å². The van der Waals surface area contributed by atoms with Gasteiger partial charge in [0.25, 0.3) is 0 Å². The van der Waals surface area contributed by atoms with E-state index >= 15 is 0 Å². The van der Waals surface area contributed by atoms with Crippen molar-refractivity contribution in [2.45, 2.75) is 26.8 Å². The number of nitrogens with zero attached hydrogens (tertiary/aromatic N) is 2.